The second kappa shape index (κ2) is 10.8. The summed E-state index contributed by atoms with van der Waals surface area (Å²) in [6.07, 6.45) is 4.45. The molecule has 9 heteroatoms. The predicted octanol–water partition coefficient (Wildman–Crippen LogP) is 4.12. The molecule has 182 valence electrons. The summed E-state index contributed by atoms with van der Waals surface area (Å²) in [6.45, 7) is 2.41. The molecule has 2 aromatic rings. The summed E-state index contributed by atoms with van der Waals surface area (Å²) in [4.78, 5) is 51.6. The Morgan fingerprint density at radius 2 is 1.69 bits per heavy atom. The minimum atomic E-state index is -0.976. The van der Waals surface area contributed by atoms with Gasteiger partial charge in [0.2, 0.25) is 17.7 Å². The number of allylic oxidation sites excluding steroid dienone is 2. The van der Waals surface area contributed by atoms with Gasteiger partial charge in [0.1, 0.15) is 5.75 Å². The molecule has 0 saturated carbocycles. The molecule has 35 heavy (non-hydrogen) atoms. The Balaban J connectivity index is 1.37. The number of carboxylic acids is 1. The normalized spacial score (nSPS) is 21.7. The number of carboxylic acid groups (broad SMARTS) is 1. The van der Waals surface area contributed by atoms with Crippen molar-refractivity contribution in [1.29, 1.82) is 0 Å². The summed E-state index contributed by atoms with van der Waals surface area (Å²) in [6, 6.07) is 13.8. The van der Waals surface area contributed by atoms with E-state index in [9.17, 15) is 24.3 Å². The molecule has 0 radical (unpaired) electrons. The number of anilines is 2. The molecular formula is C26H26N2O6S. The van der Waals surface area contributed by atoms with Crippen molar-refractivity contribution in [2.24, 2.45) is 11.8 Å². The molecule has 1 heterocycles. The molecule has 2 aliphatic rings. The molecule has 1 aliphatic heterocycles. The number of aliphatic carboxylic acids is 1. The first-order valence-corrected chi connectivity index (χ1v) is 12.3. The van der Waals surface area contributed by atoms with Gasteiger partial charge in [0, 0.05) is 17.0 Å². The van der Waals surface area contributed by atoms with E-state index in [2.05, 4.69) is 5.32 Å². The van der Waals surface area contributed by atoms with Gasteiger partial charge in [0.05, 0.1) is 29.4 Å². The van der Waals surface area contributed by atoms with Crippen molar-refractivity contribution in [1.82, 2.24) is 0 Å². The van der Waals surface area contributed by atoms with Gasteiger partial charge in [-0.15, -0.1) is 11.8 Å². The van der Waals surface area contributed by atoms with Crippen LogP contribution in [-0.4, -0.2) is 40.7 Å². The number of nitrogens with one attached hydrogen (secondary N) is 1. The monoisotopic (exact) mass is 494 g/mol. The maximum absolute atomic E-state index is 12.9. The Morgan fingerprint density at radius 1 is 1.03 bits per heavy atom. The lowest BCUT2D eigenvalue weighted by Crippen LogP contribution is -2.34. The Morgan fingerprint density at radius 3 is 2.31 bits per heavy atom. The van der Waals surface area contributed by atoms with Crippen LogP contribution in [-0.2, 0) is 19.2 Å². The fourth-order valence-corrected chi connectivity index (χ4v) is 5.27. The highest BCUT2D eigenvalue weighted by Gasteiger charge is 2.40. The largest absolute Gasteiger partial charge is 0.494 e. The van der Waals surface area contributed by atoms with E-state index in [0.29, 0.717) is 36.6 Å². The van der Waals surface area contributed by atoms with Crippen LogP contribution in [0, 0.1) is 11.8 Å². The van der Waals surface area contributed by atoms with Crippen LogP contribution in [0.3, 0.4) is 0 Å². The number of imide groups is 1. The van der Waals surface area contributed by atoms with E-state index in [1.165, 1.54) is 16.7 Å². The summed E-state index contributed by atoms with van der Waals surface area (Å²) >= 11 is 1.30. The van der Waals surface area contributed by atoms with Crippen molar-refractivity contribution in [3.8, 4) is 5.75 Å². The first-order chi connectivity index (χ1) is 16.9. The van der Waals surface area contributed by atoms with E-state index < -0.39 is 23.1 Å². The molecule has 1 fully saturated rings. The first-order valence-electron chi connectivity index (χ1n) is 11.4. The molecule has 8 nitrogen and oxygen atoms in total. The summed E-state index contributed by atoms with van der Waals surface area (Å²) in [5.74, 6) is -2.52. The lowest BCUT2D eigenvalue weighted by Gasteiger charge is -2.24. The van der Waals surface area contributed by atoms with Crippen LogP contribution in [0.2, 0.25) is 0 Å². The molecule has 0 bridgehead atoms. The number of hydrogen-bond acceptors (Lipinski definition) is 6. The third-order valence-corrected chi connectivity index (χ3v) is 7.19. The minimum Gasteiger partial charge on any atom is -0.494 e. The van der Waals surface area contributed by atoms with Crippen LogP contribution < -0.4 is 15.0 Å². The SMILES string of the molecule is CCOc1ccc(N2C(=O)C[C@@H](Sc3ccc(NC(=O)[C@H]4CC=CC[C@@H]4C(=O)O)cc3)C2=O)cc1. The number of nitrogens with zero attached hydrogens (tertiary/aromatic N) is 1. The van der Waals surface area contributed by atoms with E-state index >= 15 is 0 Å². The van der Waals surface area contributed by atoms with Gasteiger partial charge in [0.25, 0.3) is 0 Å². The molecule has 0 spiro atoms. The number of ether oxygens (including phenoxy) is 1. The number of amides is 3. The van der Waals surface area contributed by atoms with E-state index in [-0.39, 0.29) is 24.1 Å². The highest BCUT2D eigenvalue weighted by atomic mass is 32.2. The molecule has 0 unspecified atom stereocenters. The van der Waals surface area contributed by atoms with Crippen molar-refractivity contribution >= 4 is 46.8 Å². The molecule has 0 aromatic heterocycles. The van der Waals surface area contributed by atoms with Gasteiger partial charge in [-0.25, -0.2) is 4.90 Å². The maximum Gasteiger partial charge on any atom is 0.307 e. The van der Waals surface area contributed by atoms with Crippen molar-refractivity contribution < 1.29 is 29.0 Å². The number of rotatable bonds is 8. The van der Waals surface area contributed by atoms with Crippen LogP contribution in [0.25, 0.3) is 0 Å². The lowest BCUT2D eigenvalue weighted by molar-refractivity contribution is -0.146. The number of hydrogen-bond donors (Lipinski definition) is 2. The van der Waals surface area contributed by atoms with E-state index in [1.807, 2.05) is 13.0 Å². The highest BCUT2D eigenvalue weighted by molar-refractivity contribution is 8.00. The molecule has 3 amide bonds. The fourth-order valence-electron chi connectivity index (χ4n) is 4.22. The predicted molar refractivity (Wildman–Crippen MR) is 132 cm³/mol. The topological polar surface area (TPSA) is 113 Å². The van der Waals surface area contributed by atoms with Gasteiger partial charge in [-0.2, -0.15) is 0 Å². The van der Waals surface area contributed by atoms with Gasteiger partial charge < -0.3 is 15.2 Å². The zero-order chi connectivity index (χ0) is 24.9. The number of thioether (sulfide) groups is 1. The maximum atomic E-state index is 12.9. The third-order valence-electron chi connectivity index (χ3n) is 6.00. The zero-order valence-corrected chi connectivity index (χ0v) is 20.0. The summed E-state index contributed by atoms with van der Waals surface area (Å²) < 4.78 is 5.41. The van der Waals surface area contributed by atoms with Crippen LogP contribution in [0.1, 0.15) is 26.2 Å². The molecular weight excluding hydrogens is 468 g/mol. The molecule has 3 atom stereocenters. The number of benzene rings is 2. The Hall–Kier alpha value is -3.59. The Kier molecular flexibility index (Phi) is 7.55. The number of carbonyl (C=O) groups excluding carboxylic acids is 3. The highest BCUT2D eigenvalue weighted by Crippen LogP contribution is 2.35. The summed E-state index contributed by atoms with van der Waals surface area (Å²) in [5.41, 5.74) is 1.06. The van der Waals surface area contributed by atoms with Gasteiger partial charge in [-0.1, -0.05) is 12.2 Å². The van der Waals surface area contributed by atoms with E-state index in [0.717, 1.165) is 4.90 Å². The standard InChI is InChI=1S/C26H26N2O6S/c1-2-34-18-11-9-17(10-12-18)28-23(29)15-22(25(28)31)35-19-13-7-16(8-14-19)27-24(30)20-5-3-4-6-21(20)26(32)33/h3-4,7-14,20-22H,2,5-6,15H2,1H3,(H,27,30)(H,32,33)/t20-,21-,22+/m0/s1. The summed E-state index contributed by atoms with van der Waals surface area (Å²) in [5, 5.41) is 11.6. The minimum absolute atomic E-state index is 0.0982. The van der Waals surface area contributed by atoms with Crippen molar-refractivity contribution in [3.63, 3.8) is 0 Å². The van der Waals surface area contributed by atoms with E-state index in [1.54, 1.807) is 54.6 Å². The summed E-state index contributed by atoms with van der Waals surface area (Å²) in [7, 11) is 0. The number of carbonyl (C=O) groups is 4. The van der Waals surface area contributed by atoms with Crippen LogP contribution in [0.4, 0.5) is 11.4 Å². The van der Waals surface area contributed by atoms with Gasteiger partial charge >= 0.3 is 5.97 Å². The molecule has 1 aliphatic carbocycles. The van der Waals surface area contributed by atoms with Gasteiger partial charge in [-0.3, -0.25) is 19.2 Å². The van der Waals surface area contributed by atoms with E-state index in [4.69, 9.17) is 4.74 Å². The fraction of sp³-hybridized carbons (Fsp3) is 0.308. The Labute approximate surface area is 207 Å². The zero-order valence-electron chi connectivity index (χ0n) is 19.2. The third kappa shape index (κ3) is 5.57. The van der Waals surface area contributed by atoms with Crippen molar-refractivity contribution in [2.45, 2.75) is 36.3 Å². The smallest absolute Gasteiger partial charge is 0.307 e. The van der Waals surface area contributed by atoms with Crippen LogP contribution in [0.15, 0.2) is 65.6 Å². The van der Waals surface area contributed by atoms with Gasteiger partial charge in [-0.05, 0) is 68.3 Å². The molecule has 2 aromatic carbocycles. The molecule has 1 saturated heterocycles. The average Bonchev–Trinajstić information content (AvgIpc) is 3.13. The second-order valence-corrected chi connectivity index (χ2v) is 9.59. The van der Waals surface area contributed by atoms with Crippen LogP contribution >= 0.6 is 11.8 Å². The lowest BCUT2D eigenvalue weighted by atomic mass is 9.82. The molecule has 2 N–H and O–H groups in total. The first kappa shape index (κ1) is 24.5. The van der Waals surface area contributed by atoms with Gasteiger partial charge in [0.15, 0.2) is 0 Å². The van der Waals surface area contributed by atoms with Crippen molar-refractivity contribution in [3.05, 3.63) is 60.7 Å². The Bertz CT molecular complexity index is 1150. The van der Waals surface area contributed by atoms with Crippen LogP contribution in [0.5, 0.6) is 5.75 Å². The second-order valence-electron chi connectivity index (χ2n) is 8.31. The quantitative estimate of drug-likeness (QED) is 0.419. The van der Waals surface area contributed by atoms with Crippen molar-refractivity contribution in [2.75, 3.05) is 16.8 Å². The average molecular weight is 495 g/mol. The molecule has 4 rings (SSSR count).